The monoisotopic (exact) mass is 412 g/mol. The Morgan fingerprint density at radius 1 is 1.12 bits per heavy atom. The summed E-state index contributed by atoms with van der Waals surface area (Å²) in [5.41, 5.74) is 2.18. The van der Waals surface area contributed by atoms with Gasteiger partial charge in [0.2, 0.25) is 5.91 Å². The highest BCUT2D eigenvalue weighted by Gasteiger charge is 2.46. The zero-order valence-electron chi connectivity index (χ0n) is 15.0. The highest BCUT2D eigenvalue weighted by molar-refractivity contribution is 9.10. The third-order valence-corrected chi connectivity index (χ3v) is 6.42. The molecule has 4 heteroatoms. The van der Waals surface area contributed by atoms with Gasteiger partial charge in [0.05, 0.1) is 5.41 Å². The van der Waals surface area contributed by atoms with Crippen molar-refractivity contribution < 1.29 is 4.79 Å². The molecule has 0 radical (unpaired) electrons. The lowest BCUT2D eigenvalue weighted by molar-refractivity contribution is -0.130. The van der Waals surface area contributed by atoms with E-state index in [-0.39, 0.29) is 17.4 Å². The molecule has 1 amide bonds. The molecule has 1 heterocycles. The standard InChI is InChI=1S/C22H25BrN2O/c23-19-9-7-18(8-10-19)22(12-4-13-22)21(26)24-20-11-14-25(16-20)15-17-5-2-1-3-6-17/h1-3,5-10,20H,4,11-16H2,(H,24,26). The molecule has 2 fully saturated rings. The predicted octanol–water partition coefficient (Wildman–Crippen LogP) is 4.26. The second-order valence-corrected chi connectivity index (χ2v) is 8.54. The maximum absolute atomic E-state index is 13.1. The lowest BCUT2D eigenvalue weighted by Gasteiger charge is -2.41. The van der Waals surface area contributed by atoms with Gasteiger partial charge in [0.15, 0.2) is 0 Å². The number of likely N-dealkylation sites (tertiary alicyclic amines) is 1. The number of rotatable bonds is 5. The molecule has 0 aromatic heterocycles. The second kappa shape index (κ2) is 7.53. The maximum Gasteiger partial charge on any atom is 0.230 e. The Bertz CT molecular complexity index is 755. The van der Waals surface area contributed by atoms with Gasteiger partial charge < -0.3 is 5.32 Å². The van der Waals surface area contributed by atoms with Crippen LogP contribution in [0.15, 0.2) is 59.1 Å². The van der Waals surface area contributed by atoms with E-state index in [1.54, 1.807) is 0 Å². The van der Waals surface area contributed by atoms with Gasteiger partial charge in [-0.25, -0.2) is 0 Å². The molecule has 136 valence electrons. The number of hydrogen-bond donors (Lipinski definition) is 1. The normalized spacial score (nSPS) is 22.0. The van der Waals surface area contributed by atoms with Gasteiger partial charge in [-0.3, -0.25) is 9.69 Å². The van der Waals surface area contributed by atoms with Gasteiger partial charge in [0.1, 0.15) is 0 Å². The van der Waals surface area contributed by atoms with Gasteiger partial charge in [-0.2, -0.15) is 0 Å². The Morgan fingerprint density at radius 2 is 1.85 bits per heavy atom. The molecule has 1 N–H and O–H groups in total. The number of carbonyl (C=O) groups is 1. The summed E-state index contributed by atoms with van der Waals surface area (Å²) in [5, 5.41) is 3.36. The number of nitrogens with zero attached hydrogens (tertiary/aromatic N) is 1. The van der Waals surface area contributed by atoms with Crippen molar-refractivity contribution in [1.82, 2.24) is 10.2 Å². The minimum Gasteiger partial charge on any atom is -0.351 e. The van der Waals surface area contributed by atoms with E-state index in [1.807, 2.05) is 12.1 Å². The van der Waals surface area contributed by atoms with Crippen molar-refractivity contribution in [3.63, 3.8) is 0 Å². The lowest BCUT2D eigenvalue weighted by Crippen LogP contribution is -2.52. The fraction of sp³-hybridized carbons (Fsp3) is 0.409. The van der Waals surface area contributed by atoms with Gasteiger partial charge in [-0.1, -0.05) is 64.8 Å². The van der Waals surface area contributed by atoms with Crippen LogP contribution in [0.1, 0.15) is 36.8 Å². The minimum atomic E-state index is -0.312. The van der Waals surface area contributed by atoms with E-state index >= 15 is 0 Å². The highest BCUT2D eigenvalue weighted by atomic mass is 79.9. The maximum atomic E-state index is 13.1. The minimum absolute atomic E-state index is 0.220. The Balaban J connectivity index is 1.38. The molecular weight excluding hydrogens is 388 g/mol. The van der Waals surface area contributed by atoms with E-state index in [2.05, 4.69) is 68.6 Å². The number of hydrogen-bond acceptors (Lipinski definition) is 2. The van der Waals surface area contributed by atoms with Gasteiger partial charge in [-0.05, 0) is 42.5 Å². The van der Waals surface area contributed by atoms with Gasteiger partial charge >= 0.3 is 0 Å². The summed E-state index contributed by atoms with van der Waals surface area (Å²) in [6.07, 6.45) is 4.09. The fourth-order valence-corrected chi connectivity index (χ4v) is 4.47. The van der Waals surface area contributed by atoms with Crippen LogP contribution in [0.5, 0.6) is 0 Å². The first kappa shape index (κ1) is 17.7. The second-order valence-electron chi connectivity index (χ2n) is 7.62. The van der Waals surface area contributed by atoms with E-state index in [0.717, 1.165) is 55.4 Å². The number of amides is 1. The molecule has 3 nitrogen and oxygen atoms in total. The van der Waals surface area contributed by atoms with Crippen LogP contribution >= 0.6 is 15.9 Å². The van der Waals surface area contributed by atoms with E-state index in [4.69, 9.17) is 0 Å². The van der Waals surface area contributed by atoms with Gasteiger partial charge in [0.25, 0.3) is 0 Å². The quantitative estimate of drug-likeness (QED) is 0.795. The Kier molecular flexibility index (Phi) is 5.14. The molecule has 2 aliphatic rings. The third kappa shape index (κ3) is 3.58. The molecule has 1 aliphatic heterocycles. The van der Waals surface area contributed by atoms with E-state index in [1.165, 1.54) is 5.56 Å². The van der Waals surface area contributed by atoms with Crippen molar-refractivity contribution >= 4 is 21.8 Å². The van der Waals surface area contributed by atoms with E-state index in [0.29, 0.717) is 0 Å². The van der Waals surface area contributed by atoms with Crippen LogP contribution in [0, 0.1) is 0 Å². The molecule has 26 heavy (non-hydrogen) atoms. The first-order valence-electron chi connectivity index (χ1n) is 9.49. The van der Waals surface area contributed by atoms with Crippen LogP contribution in [0.3, 0.4) is 0 Å². The van der Waals surface area contributed by atoms with Crippen LogP contribution in [-0.2, 0) is 16.8 Å². The number of carbonyl (C=O) groups excluding carboxylic acids is 1. The largest absolute Gasteiger partial charge is 0.351 e. The van der Waals surface area contributed by atoms with Crippen LogP contribution in [-0.4, -0.2) is 29.9 Å². The molecular formula is C22H25BrN2O. The van der Waals surface area contributed by atoms with Crippen LogP contribution in [0.4, 0.5) is 0 Å². The first-order chi connectivity index (χ1) is 12.7. The number of halogens is 1. The molecule has 1 atom stereocenters. The summed E-state index contributed by atoms with van der Waals surface area (Å²) in [5.74, 6) is 0.220. The molecule has 0 spiro atoms. The molecule has 1 saturated heterocycles. The average molecular weight is 413 g/mol. The average Bonchev–Trinajstić information content (AvgIpc) is 3.03. The van der Waals surface area contributed by atoms with Crippen LogP contribution in [0.25, 0.3) is 0 Å². The topological polar surface area (TPSA) is 32.3 Å². The van der Waals surface area contributed by atoms with Gasteiger partial charge in [0, 0.05) is 30.1 Å². The fourth-order valence-electron chi connectivity index (χ4n) is 4.21. The smallest absolute Gasteiger partial charge is 0.230 e. The zero-order chi connectivity index (χ0) is 18.0. The summed E-state index contributed by atoms with van der Waals surface area (Å²) < 4.78 is 1.06. The summed E-state index contributed by atoms with van der Waals surface area (Å²) in [4.78, 5) is 15.6. The number of nitrogens with one attached hydrogen (secondary N) is 1. The SMILES string of the molecule is O=C(NC1CCN(Cc2ccccc2)C1)C1(c2ccc(Br)cc2)CCC1. The third-order valence-electron chi connectivity index (χ3n) is 5.90. The molecule has 1 saturated carbocycles. The predicted molar refractivity (Wildman–Crippen MR) is 108 cm³/mol. The van der Waals surface area contributed by atoms with Crippen molar-refractivity contribution in [3.8, 4) is 0 Å². The lowest BCUT2D eigenvalue weighted by atomic mass is 9.63. The summed E-state index contributed by atoms with van der Waals surface area (Å²) in [6, 6.07) is 19.1. The molecule has 2 aromatic carbocycles. The Hall–Kier alpha value is -1.65. The molecule has 1 unspecified atom stereocenters. The molecule has 0 bridgehead atoms. The van der Waals surface area contributed by atoms with Crippen molar-refractivity contribution in [2.75, 3.05) is 13.1 Å². The Morgan fingerprint density at radius 3 is 2.50 bits per heavy atom. The summed E-state index contributed by atoms with van der Waals surface area (Å²) in [6.45, 7) is 2.95. The zero-order valence-corrected chi connectivity index (χ0v) is 16.5. The Labute approximate surface area is 163 Å². The molecule has 4 rings (SSSR count). The first-order valence-corrected chi connectivity index (χ1v) is 10.3. The molecule has 1 aliphatic carbocycles. The van der Waals surface area contributed by atoms with Crippen LogP contribution in [0.2, 0.25) is 0 Å². The van der Waals surface area contributed by atoms with Crippen molar-refractivity contribution in [3.05, 3.63) is 70.2 Å². The summed E-state index contributed by atoms with van der Waals surface area (Å²) in [7, 11) is 0. The molecule has 2 aromatic rings. The van der Waals surface area contributed by atoms with Crippen molar-refractivity contribution in [2.24, 2.45) is 0 Å². The van der Waals surface area contributed by atoms with Gasteiger partial charge in [-0.15, -0.1) is 0 Å². The van der Waals surface area contributed by atoms with E-state index < -0.39 is 0 Å². The van der Waals surface area contributed by atoms with Crippen molar-refractivity contribution in [1.29, 1.82) is 0 Å². The summed E-state index contributed by atoms with van der Waals surface area (Å²) >= 11 is 3.49. The van der Waals surface area contributed by atoms with E-state index in [9.17, 15) is 4.79 Å². The van der Waals surface area contributed by atoms with Crippen LogP contribution < -0.4 is 5.32 Å². The number of benzene rings is 2. The van der Waals surface area contributed by atoms with Crippen molar-refractivity contribution in [2.45, 2.75) is 43.7 Å². The highest BCUT2D eigenvalue weighted by Crippen LogP contribution is 2.44.